The van der Waals surface area contributed by atoms with E-state index >= 15 is 0 Å². The van der Waals surface area contributed by atoms with Crippen LogP contribution in [0.3, 0.4) is 0 Å². The Morgan fingerprint density at radius 2 is 1.76 bits per heavy atom. The van der Waals surface area contributed by atoms with E-state index in [2.05, 4.69) is 10.1 Å². The Balaban J connectivity index is 1.68. The van der Waals surface area contributed by atoms with Crippen LogP contribution in [0, 0.1) is 6.92 Å². The van der Waals surface area contributed by atoms with Gasteiger partial charge in [0.1, 0.15) is 0 Å². The Labute approximate surface area is 142 Å². The largest absolute Gasteiger partial charge is 0.501 e. The van der Waals surface area contributed by atoms with Gasteiger partial charge in [0.05, 0.1) is 4.90 Å². The number of hydrogen-bond donors (Lipinski definition) is 0. The normalized spacial score (nSPS) is 17.0. The minimum absolute atomic E-state index is 0.155. The number of halogens is 3. The van der Waals surface area contributed by atoms with Crippen LogP contribution in [-0.4, -0.2) is 37.2 Å². The molecule has 0 N–H and O–H groups in total. The zero-order valence-electron chi connectivity index (χ0n) is 13.3. The summed E-state index contributed by atoms with van der Waals surface area (Å²) in [5, 5.41) is 3.77. The molecule has 0 atom stereocenters. The topological polar surface area (TPSA) is 76.3 Å². The lowest BCUT2D eigenvalue weighted by Crippen LogP contribution is -2.33. The van der Waals surface area contributed by atoms with Gasteiger partial charge in [0.15, 0.2) is 5.82 Å². The van der Waals surface area contributed by atoms with Crippen LogP contribution in [0.5, 0.6) is 0 Å². The van der Waals surface area contributed by atoms with Gasteiger partial charge in [0, 0.05) is 24.7 Å². The lowest BCUT2D eigenvalue weighted by Gasteiger charge is -2.32. The van der Waals surface area contributed by atoms with Crippen LogP contribution in [0.15, 0.2) is 33.7 Å². The molecule has 25 heavy (non-hydrogen) atoms. The molecular formula is C15H16F3N3O3S. The molecule has 0 spiro atoms. The first-order valence-electron chi connectivity index (χ1n) is 7.65. The summed E-state index contributed by atoms with van der Waals surface area (Å²) in [7, 11) is -5.31. The second kappa shape index (κ2) is 6.32. The van der Waals surface area contributed by atoms with E-state index in [0.717, 1.165) is 25.0 Å². The highest BCUT2D eigenvalue weighted by molar-refractivity contribution is 7.92. The fourth-order valence-corrected chi connectivity index (χ4v) is 3.59. The number of hydrogen-bond acceptors (Lipinski definition) is 6. The van der Waals surface area contributed by atoms with Crippen molar-refractivity contribution in [2.45, 2.75) is 36.1 Å². The summed E-state index contributed by atoms with van der Waals surface area (Å²) >= 11 is 0. The number of anilines is 1. The molecule has 0 saturated carbocycles. The highest BCUT2D eigenvalue weighted by Gasteiger charge is 2.46. The van der Waals surface area contributed by atoms with E-state index in [0.29, 0.717) is 30.5 Å². The predicted octanol–water partition coefficient (Wildman–Crippen LogP) is 3.06. The SMILES string of the molecule is Cc1noc(C2CCN(c3ccc(S(=O)(=O)C(F)(F)F)cc3)CC2)n1. The van der Waals surface area contributed by atoms with E-state index in [1.165, 1.54) is 12.1 Å². The Morgan fingerprint density at radius 1 is 1.16 bits per heavy atom. The lowest BCUT2D eigenvalue weighted by atomic mass is 9.96. The van der Waals surface area contributed by atoms with Crippen LogP contribution >= 0.6 is 0 Å². The van der Waals surface area contributed by atoms with Gasteiger partial charge in [-0.15, -0.1) is 0 Å². The summed E-state index contributed by atoms with van der Waals surface area (Å²) < 4.78 is 65.6. The quantitative estimate of drug-likeness (QED) is 0.821. The van der Waals surface area contributed by atoms with Crippen molar-refractivity contribution in [1.82, 2.24) is 10.1 Å². The van der Waals surface area contributed by atoms with Crippen LogP contribution < -0.4 is 4.90 Å². The molecule has 1 fully saturated rings. The number of alkyl halides is 3. The minimum atomic E-state index is -5.31. The Kier molecular flexibility index (Phi) is 4.48. The molecule has 1 aliphatic rings. The maximum atomic E-state index is 12.6. The van der Waals surface area contributed by atoms with Gasteiger partial charge >= 0.3 is 5.51 Å². The fraction of sp³-hybridized carbons (Fsp3) is 0.467. The Hall–Kier alpha value is -2.10. The first-order chi connectivity index (χ1) is 11.7. The fourth-order valence-electron chi connectivity index (χ4n) is 2.83. The van der Waals surface area contributed by atoms with Crippen molar-refractivity contribution in [1.29, 1.82) is 0 Å². The Bertz CT molecular complexity index is 839. The third-order valence-electron chi connectivity index (χ3n) is 4.20. The molecule has 0 radical (unpaired) electrons. The van der Waals surface area contributed by atoms with Crippen molar-refractivity contribution >= 4 is 15.5 Å². The molecule has 10 heteroatoms. The number of sulfone groups is 1. The molecule has 1 aromatic carbocycles. The van der Waals surface area contributed by atoms with Crippen molar-refractivity contribution in [3.05, 3.63) is 36.0 Å². The summed E-state index contributed by atoms with van der Waals surface area (Å²) in [5.41, 5.74) is -4.61. The van der Waals surface area contributed by atoms with Crippen LogP contribution in [0.25, 0.3) is 0 Å². The van der Waals surface area contributed by atoms with Crippen LogP contribution in [0.1, 0.15) is 30.5 Å². The zero-order valence-corrected chi connectivity index (χ0v) is 14.1. The lowest BCUT2D eigenvalue weighted by molar-refractivity contribution is -0.0436. The van der Waals surface area contributed by atoms with Gasteiger partial charge < -0.3 is 9.42 Å². The third kappa shape index (κ3) is 3.48. The second-order valence-corrected chi connectivity index (χ2v) is 7.83. The Morgan fingerprint density at radius 3 is 2.24 bits per heavy atom. The highest BCUT2D eigenvalue weighted by Crippen LogP contribution is 2.33. The molecule has 2 heterocycles. The summed E-state index contributed by atoms with van der Waals surface area (Å²) in [5.74, 6) is 1.34. The molecule has 136 valence electrons. The van der Waals surface area contributed by atoms with E-state index in [9.17, 15) is 21.6 Å². The van der Waals surface area contributed by atoms with Gasteiger partial charge in [-0.3, -0.25) is 0 Å². The van der Waals surface area contributed by atoms with Crippen molar-refractivity contribution in [3.63, 3.8) is 0 Å². The first-order valence-corrected chi connectivity index (χ1v) is 9.13. The van der Waals surface area contributed by atoms with Crippen molar-refractivity contribution in [3.8, 4) is 0 Å². The van der Waals surface area contributed by atoms with Crippen molar-refractivity contribution in [2.24, 2.45) is 0 Å². The molecule has 0 aliphatic carbocycles. The van der Waals surface area contributed by atoms with Crippen molar-refractivity contribution in [2.75, 3.05) is 18.0 Å². The molecule has 1 aliphatic heterocycles. The van der Waals surface area contributed by atoms with Gasteiger partial charge in [-0.05, 0) is 44.0 Å². The minimum Gasteiger partial charge on any atom is -0.371 e. The molecule has 3 rings (SSSR count). The smallest absolute Gasteiger partial charge is 0.371 e. The molecule has 1 aromatic heterocycles. The first kappa shape index (κ1) is 17.7. The molecule has 2 aromatic rings. The average molecular weight is 375 g/mol. The van der Waals surface area contributed by atoms with Gasteiger partial charge in [-0.2, -0.15) is 18.2 Å². The van der Waals surface area contributed by atoms with E-state index in [1.807, 2.05) is 4.90 Å². The second-order valence-electron chi connectivity index (χ2n) is 5.88. The zero-order chi connectivity index (χ0) is 18.2. The summed E-state index contributed by atoms with van der Waals surface area (Å²) in [6.07, 6.45) is 1.54. The summed E-state index contributed by atoms with van der Waals surface area (Å²) in [4.78, 5) is 5.46. The monoisotopic (exact) mass is 375 g/mol. The van der Waals surface area contributed by atoms with Gasteiger partial charge in [-0.25, -0.2) is 8.42 Å². The van der Waals surface area contributed by atoms with E-state index < -0.39 is 20.2 Å². The van der Waals surface area contributed by atoms with Crippen molar-refractivity contribution < 1.29 is 26.1 Å². The molecule has 0 bridgehead atoms. The molecule has 0 amide bonds. The van der Waals surface area contributed by atoms with Gasteiger partial charge in [-0.1, -0.05) is 5.16 Å². The summed E-state index contributed by atoms with van der Waals surface area (Å²) in [6.45, 7) is 3.08. The molecule has 0 unspecified atom stereocenters. The number of nitrogens with zero attached hydrogens (tertiary/aromatic N) is 3. The van der Waals surface area contributed by atoms with E-state index in [-0.39, 0.29) is 5.92 Å². The standard InChI is InChI=1S/C15H16F3N3O3S/c1-10-19-14(24-20-10)11-6-8-21(9-7-11)12-2-4-13(5-3-12)25(22,23)15(16,17)18/h2-5,11H,6-9H2,1H3. The van der Waals surface area contributed by atoms with Crippen LogP contribution in [0.2, 0.25) is 0 Å². The van der Waals surface area contributed by atoms with Gasteiger partial charge in [0.2, 0.25) is 5.89 Å². The van der Waals surface area contributed by atoms with Crippen LogP contribution in [0.4, 0.5) is 18.9 Å². The average Bonchev–Trinajstić information content (AvgIpc) is 3.01. The maximum Gasteiger partial charge on any atom is 0.501 e. The maximum absolute atomic E-state index is 12.6. The van der Waals surface area contributed by atoms with Gasteiger partial charge in [0.25, 0.3) is 9.84 Å². The molecule has 1 saturated heterocycles. The number of aromatic nitrogens is 2. The molecular weight excluding hydrogens is 359 g/mol. The van der Waals surface area contributed by atoms with Crippen LogP contribution in [-0.2, 0) is 9.84 Å². The van der Waals surface area contributed by atoms with E-state index in [4.69, 9.17) is 4.52 Å². The number of aryl methyl sites for hydroxylation is 1. The number of piperidine rings is 1. The third-order valence-corrected chi connectivity index (χ3v) is 5.71. The number of benzene rings is 1. The molecule has 6 nitrogen and oxygen atoms in total. The summed E-state index contributed by atoms with van der Waals surface area (Å²) in [6, 6.07) is 4.78. The highest BCUT2D eigenvalue weighted by atomic mass is 32.2. The predicted molar refractivity (Wildman–Crippen MR) is 82.9 cm³/mol. The van der Waals surface area contributed by atoms with E-state index in [1.54, 1.807) is 6.92 Å². The number of rotatable bonds is 3.